The first kappa shape index (κ1) is 13.7. The summed E-state index contributed by atoms with van der Waals surface area (Å²) in [5.41, 5.74) is 1.66. The number of halogens is 2. The van der Waals surface area contributed by atoms with E-state index < -0.39 is 0 Å². The summed E-state index contributed by atoms with van der Waals surface area (Å²) in [5, 5.41) is 3.97. The van der Waals surface area contributed by atoms with Gasteiger partial charge in [-0.3, -0.25) is 4.79 Å². The molecule has 4 heteroatoms. The molecule has 0 spiro atoms. The van der Waals surface area contributed by atoms with E-state index in [1.807, 2.05) is 6.07 Å². The third kappa shape index (κ3) is 2.50. The summed E-state index contributed by atoms with van der Waals surface area (Å²) < 4.78 is 0. The lowest BCUT2D eigenvalue weighted by molar-refractivity contribution is -0.118. The van der Waals surface area contributed by atoms with Crippen LogP contribution in [-0.4, -0.2) is 5.91 Å². The fraction of sp³-hybridized carbons (Fsp3) is 0.500. The molecule has 2 nitrogen and oxygen atoms in total. The third-order valence-corrected chi connectivity index (χ3v) is 3.88. The molecule has 1 aliphatic heterocycles. The largest absolute Gasteiger partial charge is 0.324 e. The Bertz CT molecular complexity index is 485. The lowest BCUT2D eigenvalue weighted by Crippen LogP contribution is -2.20. The van der Waals surface area contributed by atoms with Gasteiger partial charge >= 0.3 is 0 Å². The number of hydrogen-bond donors (Lipinski definition) is 1. The number of rotatable bonds is 3. The van der Waals surface area contributed by atoms with Crippen molar-refractivity contribution < 1.29 is 4.79 Å². The summed E-state index contributed by atoms with van der Waals surface area (Å²) in [6.07, 6.45) is 1.00. The molecule has 98 valence electrons. The van der Waals surface area contributed by atoms with E-state index in [4.69, 9.17) is 23.2 Å². The quantitative estimate of drug-likeness (QED) is 0.856. The molecule has 2 rings (SSSR count). The van der Waals surface area contributed by atoms with Gasteiger partial charge in [-0.2, -0.15) is 0 Å². The molecule has 0 fully saturated rings. The second-order valence-electron chi connectivity index (χ2n) is 5.43. The zero-order chi connectivity index (χ0) is 13.4. The van der Waals surface area contributed by atoms with Gasteiger partial charge < -0.3 is 5.32 Å². The van der Waals surface area contributed by atoms with Crippen LogP contribution in [0.25, 0.3) is 0 Å². The van der Waals surface area contributed by atoms with E-state index in [1.54, 1.807) is 6.07 Å². The highest BCUT2D eigenvalue weighted by atomic mass is 35.5. The van der Waals surface area contributed by atoms with Crippen LogP contribution in [0.5, 0.6) is 0 Å². The minimum Gasteiger partial charge on any atom is -0.324 e. The van der Waals surface area contributed by atoms with Crippen molar-refractivity contribution in [3.05, 3.63) is 27.7 Å². The summed E-state index contributed by atoms with van der Waals surface area (Å²) in [4.78, 5) is 12.1. The topological polar surface area (TPSA) is 29.1 Å². The first-order chi connectivity index (χ1) is 8.40. The van der Waals surface area contributed by atoms with Crippen LogP contribution in [0.4, 0.5) is 5.69 Å². The molecule has 1 amide bonds. The van der Waals surface area contributed by atoms with Gasteiger partial charge in [0.25, 0.3) is 0 Å². The van der Waals surface area contributed by atoms with Crippen LogP contribution in [0.15, 0.2) is 12.1 Å². The fourth-order valence-electron chi connectivity index (χ4n) is 2.76. The normalized spacial score (nSPS) is 19.9. The van der Waals surface area contributed by atoms with Gasteiger partial charge in [0.05, 0.1) is 16.6 Å². The van der Waals surface area contributed by atoms with E-state index in [0.717, 1.165) is 17.7 Å². The lowest BCUT2D eigenvalue weighted by atomic mass is 9.83. The average Bonchev–Trinajstić information content (AvgIpc) is 2.53. The number of anilines is 1. The molecule has 0 aliphatic carbocycles. The number of hydrogen-bond acceptors (Lipinski definition) is 1. The van der Waals surface area contributed by atoms with Crippen molar-refractivity contribution in [2.75, 3.05) is 5.32 Å². The number of benzene rings is 1. The van der Waals surface area contributed by atoms with E-state index in [9.17, 15) is 4.79 Å². The van der Waals surface area contributed by atoms with Crippen molar-refractivity contribution in [3.8, 4) is 0 Å². The van der Waals surface area contributed by atoms with E-state index >= 15 is 0 Å². The zero-order valence-corrected chi connectivity index (χ0v) is 12.3. The summed E-state index contributed by atoms with van der Waals surface area (Å²) in [6, 6.07) is 3.51. The minimum atomic E-state index is -0.140. The van der Waals surface area contributed by atoms with Crippen LogP contribution in [0.1, 0.15) is 38.7 Å². The van der Waals surface area contributed by atoms with Crippen LogP contribution in [0, 0.1) is 11.8 Å². The molecule has 1 aromatic rings. The monoisotopic (exact) mass is 285 g/mol. The summed E-state index contributed by atoms with van der Waals surface area (Å²) in [5.74, 6) is 0.730. The van der Waals surface area contributed by atoms with Crippen molar-refractivity contribution in [2.45, 2.75) is 33.1 Å². The maximum absolute atomic E-state index is 12.1. The zero-order valence-electron chi connectivity index (χ0n) is 10.8. The van der Waals surface area contributed by atoms with Gasteiger partial charge in [0.15, 0.2) is 0 Å². The van der Waals surface area contributed by atoms with Crippen molar-refractivity contribution in [3.63, 3.8) is 0 Å². The number of amides is 1. The number of fused-ring (bicyclic) bond motifs is 1. The van der Waals surface area contributed by atoms with Crippen LogP contribution in [0.2, 0.25) is 10.0 Å². The predicted molar refractivity (Wildman–Crippen MR) is 76.5 cm³/mol. The molecule has 2 atom stereocenters. The van der Waals surface area contributed by atoms with Gasteiger partial charge in [-0.15, -0.1) is 0 Å². The first-order valence-corrected chi connectivity index (χ1v) is 6.95. The number of carbonyl (C=O) groups excluding carboxylic acids is 1. The molecule has 2 unspecified atom stereocenters. The minimum absolute atomic E-state index is 0.0299. The fourth-order valence-corrected chi connectivity index (χ4v) is 3.31. The molecular formula is C14H17Cl2NO. The standard InChI is InChI=1S/C14H17Cl2NO/c1-7(2)4-8(3)12-10-5-9(15)6-11(16)13(10)17-14(12)18/h5-8,12H,4H2,1-3H3,(H,17,18). The van der Waals surface area contributed by atoms with Gasteiger partial charge in [0, 0.05) is 5.02 Å². The van der Waals surface area contributed by atoms with Gasteiger partial charge in [0.2, 0.25) is 5.91 Å². The van der Waals surface area contributed by atoms with Crippen LogP contribution < -0.4 is 5.32 Å². The Labute approximate surface area is 118 Å². The highest BCUT2D eigenvalue weighted by Gasteiger charge is 2.36. The van der Waals surface area contributed by atoms with Crippen molar-refractivity contribution >= 4 is 34.8 Å². The molecule has 0 saturated carbocycles. The Hall–Kier alpha value is -0.730. The number of nitrogens with one attached hydrogen (secondary N) is 1. The Kier molecular flexibility index (Phi) is 3.88. The SMILES string of the molecule is CC(C)CC(C)C1C(=O)Nc2c(Cl)cc(Cl)cc21. The third-order valence-electron chi connectivity index (χ3n) is 3.36. The average molecular weight is 286 g/mol. The second-order valence-corrected chi connectivity index (χ2v) is 6.27. The second kappa shape index (κ2) is 5.10. The maximum atomic E-state index is 12.1. The maximum Gasteiger partial charge on any atom is 0.232 e. The van der Waals surface area contributed by atoms with Crippen molar-refractivity contribution in [1.82, 2.24) is 0 Å². The van der Waals surface area contributed by atoms with E-state index in [0.29, 0.717) is 16.0 Å². The van der Waals surface area contributed by atoms with Gasteiger partial charge in [-0.05, 0) is 36.0 Å². The van der Waals surface area contributed by atoms with Crippen LogP contribution in [0.3, 0.4) is 0 Å². The van der Waals surface area contributed by atoms with Crippen LogP contribution in [-0.2, 0) is 4.79 Å². The van der Waals surface area contributed by atoms with Gasteiger partial charge in [0.1, 0.15) is 0 Å². The van der Waals surface area contributed by atoms with E-state index in [1.165, 1.54) is 0 Å². The Balaban J connectivity index is 2.38. The lowest BCUT2D eigenvalue weighted by Gasteiger charge is -2.20. The Morgan fingerprint density at radius 3 is 2.56 bits per heavy atom. The summed E-state index contributed by atoms with van der Waals surface area (Å²) >= 11 is 12.1. The highest BCUT2D eigenvalue weighted by molar-refractivity contribution is 6.37. The van der Waals surface area contributed by atoms with E-state index in [-0.39, 0.29) is 17.7 Å². The molecule has 1 heterocycles. The molecule has 1 aliphatic rings. The predicted octanol–water partition coefficient (Wildman–Crippen LogP) is 4.71. The Morgan fingerprint density at radius 2 is 1.94 bits per heavy atom. The summed E-state index contributed by atoms with van der Waals surface area (Å²) in [6.45, 7) is 6.43. The molecule has 18 heavy (non-hydrogen) atoms. The first-order valence-electron chi connectivity index (χ1n) is 6.20. The van der Waals surface area contributed by atoms with Gasteiger partial charge in [-0.1, -0.05) is 44.0 Å². The Morgan fingerprint density at radius 1 is 1.28 bits per heavy atom. The van der Waals surface area contributed by atoms with Crippen molar-refractivity contribution in [2.24, 2.45) is 11.8 Å². The molecule has 0 radical (unpaired) electrons. The van der Waals surface area contributed by atoms with Crippen LogP contribution >= 0.6 is 23.2 Å². The molecule has 0 aromatic heterocycles. The van der Waals surface area contributed by atoms with Crippen molar-refractivity contribution in [1.29, 1.82) is 0 Å². The molecule has 1 aromatic carbocycles. The number of carbonyl (C=O) groups is 1. The molecule has 0 saturated heterocycles. The molecule has 1 N–H and O–H groups in total. The smallest absolute Gasteiger partial charge is 0.232 e. The molecular weight excluding hydrogens is 269 g/mol. The summed E-state index contributed by atoms with van der Waals surface area (Å²) in [7, 11) is 0. The van der Waals surface area contributed by atoms with E-state index in [2.05, 4.69) is 26.1 Å². The highest BCUT2D eigenvalue weighted by Crippen LogP contribution is 2.44. The molecule has 0 bridgehead atoms. The van der Waals surface area contributed by atoms with Gasteiger partial charge in [-0.25, -0.2) is 0 Å².